The smallest absolute Gasteiger partial charge is 0.356 e. The highest BCUT2D eigenvalue weighted by molar-refractivity contribution is 5.92. The van der Waals surface area contributed by atoms with Gasteiger partial charge in [0.2, 0.25) is 11.8 Å². The molecule has 0 radical (unpaired) electrons. The lowest BCUT2D eigenvalue weighted by atomic mass is 10.2. The number of nitrogens with two attached hydrogens (primary N) is 1. The van der Waals surface area contributed by atoms with Crippen LogP contribution >= 0.6 is 0 Å². The number of carboxylic acid groups (broad SMARTS) is 1. The van der Waals surface area contributed by atoms with Crippen LogP contribution in [0.25, 0.3) is 0 Å². The quantitative estimate of drug-likeness (QED) is 0.848. The predicted octanol–water partition coefficient (Wildman–Crippen LogP) is 1.07. The first kappa shape index (κ1) is 12.5. The topological polar surface area (TPSA) is 115 Å². The standard InChI is InChI=1S/C12H9N3O4/c13-11(16)7-1-3-8(4-2-7)19-10-6-14-9(5-15-10)12(17)18/h1-6H,(H2,13,16)(H,17,18). The van der Waals surface area contributed by atoms with E-state index in [1.54, 1.807) is 12.1 Å². The van der Waals surface area contributed by atoms with Crippen LogP contribution in [0, 0.1) is 0 Å². The average molecular weight is 259 g/mol. The highest BCUT2D eigenvalue weighted by Crippen LogP contribution is 2.18. The molecule has 0 aliphatic rings. The molecule has 1 aromatic carbocycles. The molecular weight excluding hydrogens is 250 g/mol. The number of benzene rings is 1. The average Bonchev–Trinajstić information content (AvgIpc) is 2.40. The minimum Gasteiger partial charge on any atom is -0.476 e. The maximum absolute atomic E-state index is 10.9. The van der Waals surface area contributed by atoms with Crippen molar-refractivity contribution >= 4 is 11.9 Å². The Balaban J connectivity index is 2.12. The van der Waals surface area contributed by atoms with Gasteiger partial charge in [-0.3, -0.25) is 4.79 Å². The molecule has 0 saturated heterocycles. The summed E-state index contributed by atoms with van der Waals surface area (Å²) in [6, 6.07) is 6.12. The molecule has 0 unspecified atom stereocenters. The molecule has 3 N–H and O–H groups in total. The number of ether oxygens (including phenoxy) is 1. The fourth-order valence-corrected chi connectivity index (χ4v) is 1.29. The lowest BCUT2D eigenvalue weighted by molar-refractivity contribution is 0.0689. The van der Waals surface area contributed by atoms with Crippen LogP contribution in [0.4, 0.5) is 0 Å². The molecule has 1 aromatic heterocycles. The summed E-state index contributed by atoms with van der Waals surface area (Å²) < 4.78 is 5.33. The zero-order valence-corrected chi connectivity index (χ0v) is 9.61. The molecule has 0 aliphatic heterocycles. The van der Waals surface area contributed by atoms with E-state index in [0.29, 0.717) is 11.3 Å². The number of hydrogen-bond donors (Lipinski definition) is 2. The molecule has 7 nitrogen and oxygen atoms in total. The summed E-state index contributed by atoms with van der Waals surface area (Å²) in [6.07, 6.45) is 2.29. The summed E-state index contributed by atoms with van der Waals surface area (Å²) >= 11 is 0. The molecule has 0 fully saturated rings. The Bertz CT molecular complexity index is 552. The number of nitrogens with zero attached hydrogens (tertiary/aromatic N) is 2. The summed E-state index contributed by atoms with van der Waals surface area (Å²) in [4.78, 5) is 28.9. The van der Waals surface area contributed by atoms with Gasteiger partial charge < -0.3 is 15.6 Å². The van der Waals surface area contributed by atoms with Crippen molar-refractivity contribution < 1.29 is 19.4 Å². The highest BCUT2D eigenvalue weighted by atomic mass is 16.5. The lowest BCUT2D eigenvalue weighted by Crippen LogP contribution is -2.10. The third-order valence-electron chi connectivity index (χ3n) is 2.21. The lowest BCUT2D eigenvalue weighted by Gasteiger charge is -2.04. The van der Waals surface area contributed by atoms with E-state index >= 15 is 0 Å². The van der Waals surface area contributed by atoms with Crippen LogP contribution in [-0.2, 0) is 0 Å². The van der Waals surface area contributed by atoms with E-state index in [2.05, 4.69) is 9.97 Å². The largest absolute Gasteiger partial charge is 0.476 e. The zero-order chi connectivity index (χ0) is 13.8. The molecule has 0 spiro atoms. The Kier molecular flexibility index (Phi) is 3.37. The van der Waals surface area contributed by atoms with E-state index in [4.69, 9.17) is 15.6 Å². The molecule has 0 atom stereocenters. The summed E-state index contributed by atoms with van der Waals surface area (Å²) in [7, 11) is 0. The summed E-state index contributed by atoms with van der Waals surface area (Å²) in [6.45, 7) is 0. The zero-order valence-electron chi connectivity index (χ0n) is 9.61. The minimum atomic E-state index is -1.16. The number of carbonyl (C=O) groups excluding carboxylic acids is 1. The normalized spacial score (nSPS) is 9.89. The third-order valence-corrected chi connectivity index (χ3v) is 2.21. The third kappa shape index (κ3) is 3.03. The van der Waals surface area contributed by atoms with Gasteiger partial charge in [-0.1, -0.05) is 0 Å². The fraction of sp³-hybridized carbons (Fsp3) is 0. The maximum Gasteiger partial charge on any atom is 0.356 e. The first-order chi connectivity index (χ1) is 9.06. The van der Waals surface area contributed by atoms with Gasteiger partial charge in [-0.2, -0.15) is 0 Å². The van der Waals surface area contributed by atoms with E-state index in [9.17, 15) is 9.59 Å². The molecule has 96 valence electrons. The SMILES string of the molecule is NC(=O)c1ccc(Oc2cnc(C(=O)O)cn2)cc1. The summed E-state index contributed by atoms with van der Waals surface area (Å²) in [5.41, 5.74) is 5.29. The van der Waals surface area contributed by atoms with E-state index < -0.39 is 11.9 Å². The van der Waals surface area contributed by atoms with Crippen LogP contribution in [0.15, 0.2) is 36.7 Å². The Hall–Kier alpha value is -2.96. The van der Waals surface area contributed by atoms with Crippen LogP contribution in [0.2, 0.25) is 0 Å². The predicted molar refractivity (Wildman–Crippen MR) is 64.0 cm³/mol. The molecule has 0 bridgehead atoms. The Morgan fingerprint density at radius 2 is 1.79 bits per heavy atom. The van der Waals surface area contributed by atoms with Crippen LogP contribution in [0.3, 0.4) is 0 Å². The maximum atomic E-state index is 10.9. The monoisotopic (exact) mass is 259 g/mol. The van der Waals surface area contributed by atoms with Gasteiger partial charge in [0.15, 0.2) is 5.69 Å². The minimum absolute atomic E-state index is 0.150. The molecule has 19 heavy (non-hydrogen) atoms. The van der Waals surface area contributed by atoms with Crippen molar-refractivity contribution in [2.75, 3.05) is 0 Å². The molecule has 2 aromatic rings. The Labute approximate surface area is 107 Å². The second kappa shape index (κ2) is 5.13. The van der Waals surface area contributed by atoms with Crippen LogP contribution in [0.5, 0.6) is 11.6 Å². The summed E-state index contributed by atoms with van der Waals surface area (Å²) in [5, 5.41) is 8.66. The molecule has 1 amide bonds. The number of aromatic carboxylic acids is 1. The number of amides is 1. The van der Waals surface area contributed by atoms with Gasteiger partial charge in [0.25, 0.3) is 0 Å². The number of aromatic nitrogens is 2. The number of primary amides is 1. The van der Waals surface area contributed by atoms with Gasteiger partial charge in [0.05, 0.1) is 12.4 Å². The van der Waals surface area contributed by atoms with Crippen LogP contribution < -0.4 is 10.5 Å². The number of carbonyl (C=O) groups is 2. The number of rotatable bonds is 4. The van der Waals surface area contributed by atoms with Crippen molar-refractivity contribution in [1.82, 2.24) is 9.97 Å². The van der Waals surface area contributed by atoms with Crippen molar-refractivity contribution in [3.8, 4) is 11.6 Å². The van der Waals surface area contributed by atoms with E-state index in [1.807, 2.05) is 0 Å². The van der Waals surface area contributed by atoms with Crippen molar-refractivity contribution in [1.29, 1.82) is 0 Å². The number of carboxylic acids is 1. The first-order valence-corrected chi connectivity index (χ1v) is 5.19. The van der Waals surface area contributed by atoms with Gasteiger partial charge in [-0.15, -0.1) is 0 Å². The Morgan fingerprint density at radius 1 is 1.11 bits per heavy atom. The van der Waals surface area contributed by atoms with Crippen molar-refractivity contribution in [2.45, 2.75) is 0 Å². The van der Waals surface area contributed by atoms with E-state index in [0.717, 1.165) is 6.20 Å². The van der Waals surface area contributed by atoms with Gasteiger partial charge in [-0.25, -0.2) is 14.8 Å². The van der Waals surface area contributed by atoms with Gasteiger partial charge >= 0.3 is 5.97 Å². The first-order valence-electron chi connectivity index (χ1n) is 5.19. The van der Waals surface area contributed by atoms with Crippen molar-refractivity contribution in [2.24, 2.45) is 5.73 Å². The van der Waals surface area contributed by atoms with Crippen LogP contribution in [-0.4, -0.2) is 27.0 Å². The van der Waals surface area contributed by atoms with Crippen LogP contribution in [0.1, 0.15) is 20.8 Å². The van der Waals surface area contributed by atoms with E-state index in [-0.39, 0.29) is 11.6 Å². The fourth-order valence-electron chi connectivity index (χ4n) is 1.29. The van der Waals surface area contributed by atoms with Gasteiger partial charge in [-0.05, 0) is 24.3 Å². The summed E-state index contributed by atoms with van der Waals surface area (Å²) in [5.74, 6) is -1.11. The van der Waals surface area contributed by atoms with Gasteiger partial charge in [0, 0.05) is 5.56 Å². The molecule has 0 aliphatic carbocycles. The highest BCUT2D eigenvalue weighted by Gasteiger charge is 2.06. The van der Waals surface area contributed by atoms with E-state index in [1.165, 1.54) is 18.3 Å². The number of hydrogen-bond acceptors (Lipinski definition) is 5. The molecule has 7 heteroatoms. The van der Waals surface area contributed by atoms with Crippen molar-refractivity contribution in [3.63, 3.8) is 0 Å². The second-order valence-electron chi connectivity index (χ2n) is 3.54. The second-order valence-corrected chi connectivity index (χ2v) is 3.54. The Morgan fingerprint density at radius 3 is 2.26 bits per heavy atom. The molecule has 1 heterocycles. The molecule has 0 saturated carbocycles. The molecular formula is C12H9N3O4. The van der Waals surface area contributed by atoms with Gasteiger partial charge in [0.1, 0.15) is 5.75 Å². The van der Waals surface area contributed by atoms with Crippen molar-refractivity contribution in [3.05, 3.63) is 47.9 Å². The molecule has 2 rings (SSSR count).